The summed E-state index contributed by atoms with van der Waals surface area (Å²) in [6.45, 7) is 5.62. The van der Waals surface area contributed by atoms with Gasteiger partial charge in [0.1, 0.15) is 42.1 Å². The van der Waals surface area contributed by atoms with E-state index in [4.69, 9.17) is 4.74 Å². The van der Waals surface area contributed by atoms with Crippen LogP contribution in [0.15, 0.2) is 54.6 Å². The number of amides is 4. The van der Waals surface area contributed by atoms with Crippen LogP contribution in [0, 0.1) is 0 Å². The number of nitrogens with zero attached hydrogens (tertiary/aromatic N) is 1. The van der Waals surface area contributed by atoms with Gasteiger partial charge < -0.3 is 30.7 Å². The minimum atomic E-state index is -1.33. The number of carbonyl (C=O) groups is 5. The van der Waals surface area contributed by atoms with Crippen molar-refractivity contribution < 1.29 is 33.8 Å². The minimum Gasteiger partial charge on any atom is -0.489 e. The van der Waals surface area contributed by atoms with E-state index in [1.165, 1.54) is 11.8 Å². The highest BCUT2D eigenvalue weighted by molar-refractivity contribution is 5.99. The molecule has 2 aliphatic rings. The molecule has 4 N–H and O–H groups in total. The molecular formula is C36H48N4O7. The molecule has 0 aromatic heterocycles. The maximum atomic E-state index is 14.0. The first-order chi connectivity index (χ1) is 22.5. The number of aliphatic hydroxyl groups excluding tert-OH is 1. The summed E-state index contributed by atoms with van der Waals surface area (Å²) in [5, 5.41) is 18.1. The average molecular weight is 649 g/mol. The van der Waals surface area contributed by atoms with Gasteiger partial charge in [-0.1, -0.05) is 62.2 Å². The van der Waals surface area contributed by atoms with Gasteiger partial charge in [0, 0.05) is 19.4 Å². The average Bonchev–Trinajstić information content (AvgIpc) is 3.56. The number of aliphatic hydroxyl groups is 1. The number of rotatable bonds is 13. The molecule has 2 fully saturated rings. The van der Waals surface area contributed by atoms with Crippen molar-refractivity contribution in [3.63, 3.8) is 0 Å². The summed E-state index contributed by atoms with van der Waals surface area (Å²) in [7, 11) is 0. The van der Waals surface area contributed by atoms with Crippen molar-refractivity contribution in [1.29, 1.82) is 0 Å². The lowest BCUT2D eigenvalue weighted by Gasteiger charge is -2.36. The van der Waals surface area contributed by atoms with E-state index in [1.807, 2.05) is 54.6 Å². The molecule has 2 aliphatic heterocycles. The van der Waals surface area contributed by atoms with Gasteiger partial charge >= 0.3 is 0 Å². The Morgan fingerprint density at radius 2 is 1.68 bits per heavy atom. The molecule has 2 aromatic rings. The molecule has 254 valence electrons. The lowest BCUT2D eigenvalue weighted by molar-refractivity contribution is -0.144. The van der Waals surface area contributed by atoms with Crippen LogP contribution in [0.2, 0.25) is 0 Å². The minimum absolute atomic E-state index is 0.197. The first kappa shape index (κ1) is 35.6. The number of Topliss-reactive ketones (excluding diaryl/α,β-unsaturated/α-hetero) is 1. The maximum absolute atomic E-state index is 14.0. The second-order valence-corrected chi connectivity index (χ2v) is 12.8. The number of benzene rings is 2. The number of hydrogen-bond acceptors (Lipinski definition) is 7. The van der Waals surface area contributed by atoms with Gasteiger partial charge in [0.05, 0.1) is 0 Å². The Morgan fingerprint density at radius 1 is 0.957 bits per heavy atom. The molecule has 2 saturated heterocycles. The molecule has 0 spiro atoms. The normalized spacial score (nSPS) is 24.3. The molecule has 2 heterocycles. The number of carbonyl (C=O) groups excluding carboxylic acids is 5. The van der Waals surface area contributed by atoms with Gasteiger partial charge in [0.25, 0.3) is 0 Å². The van der Waals surface area contributed by atoms with Crippen molar-refractivity contribution in [1.82, 2.24) is 20.9 Å². The predicted octanol–water partition coefficient (Wildman–Crippen LogP) is 2.97. The van der Waals surface area contributed by atoms with E-state index in [2.05, 4.69) is 16.0 Å². The van der Waals surface area contributed by atoms with Crippen LogP contribution in [0.1, 0.15) is 83.3 Å². The highest BCUT2D eigenvalue weighted by Gasteiger charge is 2.43. The van der Waals surface area contributed by atoms with Gasteiger partial charge in [-0.25, -0.2) is 0 Å². The standard InChI is InChI=1S/C36H48N4O7/c1-4-36(3)35(46)38-29(22-25-17-19-27(20-18-25)47-23-26-12-7-5-8-13-26)34(45)40-21-11-15-30(40)33(44)37-28(32(43)39-36)14-9-6-10-16-31(42)24(2)41/h5,7-8,12-13,17-20,24,28-30,41H,4,6,9-11,14-16,21-23H2,1-3H3,(H,37,44)(H,38,46)(H,39,43)/t24-,28-,29-,30+,36-/m0/s1. The Kier molecular flexibility index (Phi) is 12.5. The van der Waals surface area contributed by atoms with Crippen LogP contribution in [0.5, 0.6) is 5.75 Å². The molecule has 11 heteroatoms. The van der Waals surface area contributed by atoms with Crippen LogP contribution in [-0.4, -0.2) is 75.7 Å². The summed E-state index contributed by atoms with van der Waals surface area (Å²) < 4.78 is 5.90. The summed E-state index contributed by atoms with van der Waals surface area (Å²) in [4.78, 5) is 68.2. The number of nitrogens with one attached hydrogen (secondary N) is 3. The Hall–Kier alpha value is -4.25. The molecule has 5 atom stereocenters. The van der Waals surface area contributed by atoms with E-state index in [9.17, 15) is 29.1 Å². The lowest BCUT2D eigenvalue weighted by Crippen LogP contribution is -2.65. The SMILES string of the molecule is CC[C@]1(C)NC(=O)[C@H](CCCCCC(=O)[C@H](C)O)NC(=O)[C@H]2CCCN2C(=O)[C@H](Cc2ccc(OCc3ccccc3)cc2)NC1=O. The molecule has 4 rings (SSSR count). The Morgan fingerprint density at radius 3 is 2.36 bits per heavy atom. The number of unbranched alkanes of at least 4 members (excludes halogenated alkanes) is 2. The molecule has 2 aromatic carbocycles. The van der Waals surface area contributed by atoms with E-state index in [0.717, 1.165) is 11.1 Å². The molecule has 11 nitrogen and oxygen atoms in total. The molecule has 47 heavy (non-hydrogen) atoms. The smallest absolute Gasteiger partial charge is 0.246 e. The van der Waals surface area contributed by atoms with Crippen LogP contribution in [0.25, 0.3) is 0 Å². The Labute approximate surface area is 276 Å². The van der Waals surface area contributed by atoms with Crippen molar-refractivity contribution in [2.24, 2.45) is 0 Å². The third-order valence-corrected chi connectivity index (χ3v) is 9.18. The van der Waals surface area contributed by atoms with E-state index in [-0.39, 0.29) is 31.0 Å². The zero-order valence-corrected chi connectivity index (χ0v) is 27.6. The summed E-state index contributed by atoms with van der Waals surface area (Å²) in [6, 6.07) is 14.6. The van der Waals surface area contributed by atoms with E-state index < -0.39 is 47.5 Å². The van der Waals surface area contributed by atoms with Gasteiger partial charge in [0.2, 0.25) is 23.6 Å². The Bertz CT molecular complexity index is 1400. The fraction of sp³-hybridized carbons (Fsp3) is 0.528. The van der Waals surface area contributed by atoms with Gasteiger partial charge in [-0.2, -0.15) is 0 Å². The second-order valence-electron chi connectivity index (χ2n) is 12.8. The molecular weight excluding hydrogens is 600 g/mol. The molecule has 0 bridgehead atoms. The van der Waals surface area contributed by atoms with Crippen molar-refractivity contribution in [3.05, 3.63) is 65.7 Å². The largest absolute Gasteiger partial charge is 0.489 e. The van der Waals surface area contributed by atoms with Crippen LogP contribution in [-0.2, 0) is 37.0 Å². The highest BCUT2D eigenvalue weighted by Crippen LogP contribution is 2.23. The van der Waals surface area contributed by atoms with E-state index in [1.54, 1.807) is 13.8 Å². The van der Waals surface area contributed by atoms with Gasteiger partial charge in [0.15, 0.2) is 5.78 Å². The fourth-order valence-corrected chi connectivity index (χ4v) is 5.95. The first-order valence-corrected chi connectivity index (χ1v) is 16.7. The van der Waals surface area contributed by atoms with E-state index in [0.29, 0.717) is 57.4 Å². The summed E-state index contributed by atoms with van der Waals surface area (Å²) in [5.41, 5.74) is 0.517. The molecule has 0 aliphatic carbocycles. The number of hydrogen-bond donors (Lipinski definition) is 4. The van der Waals surface area contributed by atoms with Gasteiger partial charge in [-0.05, 0) is 69.2 Å². The van der Waals surface area contributed by atoms with E-state index >= 15 is 0 Å². The van der Waals surface area contributed by atoms with Crippen molar-refractivity contribution in [2.75, 3.05) is 6.54 Å². The third kappa shape index (κ3) is 9.63. The summed E-state index contributed by atoms with van der Waals surface area (Å²) >= 11 is 0. The van der Waals surface area contributed by atoms with Crippen LogP contribution in [0.3, 0.4) is 0 Å². The summed E-state index contributed by atoms with van der Waals surface area (Å²) in [6.07, 6.45) is 2.79. The van der Waals surface area contributed by atoms with Crippen molar-refractivity contribution in [3.8, 4) is 5.75 Å². The van der Waals surface area contributed by atoms with Gasteiger partial charge in [-0.15, -0.1) is 0 Å². The third-order valence-electron chi connectivity index (χ3n) is 9.18. The highest BCUT2D eigenvalue weighted by atomic mass is 16.5. The summed E-state index contributed by atoms with van der Waals surface area (Å²) in [5.74, 6) is -1.26. The van der Waals surface area contributed by atoms with Crippen LogP contribution < -0.4 is 20.7 Å². The lowest BCUT2D eigenvalue weighted by atomic mass is 9.94. The molecule has 4 amide bonds. The van der Waals surface area contributed by atoms with Gasteiger partial charge in [-0.3, -0.25) is 24.0 Å². The van der Waals surface area contributed by atoms with Crippen LogP contribution >= 0.6 is 0 Å². The number of ether oxygens (including phenoxy) is 1. The zero-order valence-electron chi connectivity index (χ0n) is 27.6. The quantitative estimate of drug-likeness (QED) is 0.244. The van der Waals surface area contributed by atoms with Crippen molar-refractivity contribution in [2.45, 2.75) is 115 Å². The first-order valence-electron chi connectivity index (χ1n) is 16.7. The second kappa shape index (κ2) is 16.5. The molecule has 0 radical (unpaired) electrons. The Balaban J connectivity index is 1.48. The maximum Gasteiger partial charge on any atom is 0.246 e. The van der Waals surface area contributed by atoms with Crippen LogP contribution in [0.4, 0.5) is 0 Å². The molecule has 0 saturated carbocycles. The molecule has 0 unspecified atom stereocenters. The topological polar surface area (TPSA) is 154 Å². The number of fused-ring (bicyclic) bond motifs is 1. The fourth-order valence-electron chi connectivity index (χ4n) is 5.95. The van der Waals surface area contributed by atoms with Crippen molar-refractivity contribution >= 4 is 29.4 Å². The number of ketones is 1. The zero-order chi connectivity index (χ0) is 34.0. The predicted molar refractivity (Wildman–Crippen MR) is 176 cm³/mol. The monoisotopic (exact) mass is 648 g/mol.